The lowest BCUT2D eigenvalue weighted by molar-refractivity contribution is -0.118. The van der Waals surface area contributed by atoms with E-state index in [-0.39, 0.29) is 23.9 Å². The quantitative estimate of drug-likeness (QED) is 0.451. The highest BCUT2D eigenvalue weighted by molar-refractivity contribution is 8.00. The molecule has 0 spiro atoms. The number of nitrogens with zero attached hydrogens (tertiary/aromatic N) is 3. The van der Waals surface area contributed by atoms with Crippen molar-refractivity contribution >= 4 is 29.2 Å². The molecule has 1 unspecified atom stereocenters. The maximum Gasteiger partial charge on any atom is 0.217 e. The van der Waals surface area contributed by atoms with E-state index in [4.69, 9.17) is 5.73 Å². The van der Waals surface area contributed by atoms with Crippen molar-refractivity contribution in [2.75, 3.05) is 0 Å². The van der Waals surface area contributed by atoms with Crippen LogP contribution in [0, 0.1) is 19.8 Å². The molecular weight excluding hydrogens is 390 g/mol. The van der Waals surface area contributed by atoms with E-state index in [1.165, 1.54) is 18.7 Å². The summed E-state index contributed by atoms with van der Waals surface area (Å²) in [5, 5.41) is 8.66. The number of hydrogen-bond acceptors (Lipinski definition) is 6. The molecule has 0 aliphatic carbocycles. The molecule has 0 radical (unpaired) electrons. The zero-order chi connectivity index (χ0) is 21.9. The number of aryl methyl sites for hydroxylation is 2. The van der Waals surface area contributed by atoms with Gasteiger partial charge in [-0.3, -0.25) is 14.4 Å². The molecule has 8 nitrogen and oxygen atoms in total. The second kappa shape index (κ2) is 9.39. The third-order valence-electron chi connectivity index (χ3n) is 4.62. The Bertz CT molecular complexity index is 929. The minimum absolute atomic E-state index is 0.0635. The van der Waals surface area contributed by atoms with E-state index in [0.29, 0.717) is 52.4 Å². The van der Waals surface area contributed by atoms with Gasteiger partial charge in [-0.15, -0.1) is 10.2 Å². The fourth-order valence-corrected chi connectivity index (χ4v) is 4.25. The van der Waals surface area contributed by atoms with Crippen molar-refractivity contribution in [1.29, 1.82) is 0 Å². The standard InChI is InChI=1S/C20H29N5O3S/c1-10(2)9-25-16(8-7-15(21)27)23-24-20(25)29-14(6)19(28)18-11(3)17(13(5)26)12(4)22-18/h10,14,22H,7-9H2,1-6H3,(H2,21,27). The van der Waals surface area contributed by atoms with Gasteiger partial charge in [-0.2, -0.15) is 0 Å². The maximum atomic E-state index is 13.0. The van der Waals surface area contributed by atoms with Gasteiger partial charge in [-0.25, -0.2) is 0 Å². The van der Waals surface area contributed by atoms with Crippen LogP contribution in [-0.4, -0.2) is 42.5 Å². The molecule has 1 amide bonds. The van der Waals surface area contributed by atoms with Crippen LogP contribution in [0.5, 0.6) is 0 Å². The molecule has 2 heterocycles. The summed E-state index contributed by atoms with van der Waals surface area (Å²) < 4.78 is 1.95. The largest absolute Gasteiger partial charge is 0.370 e. The first-order valence-corrected chi connectivity index (χ1v) is 10.5. The van der Waals surface area contributed by atoms with E-state index in [2.05, 4.69) is 29.0 Å². The van der Waals surface area contributed by atoms with Gasteiger partial charge in [0.25, 0.3) is 0 Å². The second-order valence-electron chi connectivity index (χ2n) is 7.68. The topological polar surface area (TPSA) is 124 Å². The van der Waals surface area contributed by atoms with E-state index in [0.717, 1.165) is 0 Å². The fourth-order valence-electron chi connectivity index (χ4n) is 3.31. The number of Topliss-reactive ketones (excluding diaryl/α,β-unsaturated/α-hetero) is 2. The smallest absolute Gasteiger partial charge is 0.217 e. The van der Waals surface area contributed by atoms with Gasteiger partial charge in [-0.05, 0) is 39.2 Å². The third-order valence-corrected chi connectivity index (χ3v) is 5.70. The molecule has 0 aromatic carbocycles. The van der Waals surface area contributed by atoms with Gasteiger partial charge < -0.3 is 15.3 Å². The van der Waals surface area contributed by atoms with Gasteiger partial charge in [0.1, 0.15) is 5.82 Å². The van der Waals surface area contributed by atoms with E-state index in [1.807, 2.05) is 11.5 Å². The molecular formula is C20H29N5O3S. The van der Waals surface area contributed by atoms with E-state index in [1.54, 1.807) is 13.8 Å². The van der Waals surface area contributed by atoms with Crippen LogP contribution in [0.1, 0.15) is 72.0 Å². The van der Waals surface area contributed by atoms with Crippen molar-refractivity contribution in [3.05, 3.63) is 28.3 Å². The number of primary amides is 1. The summed E-state index contributed by atoms with van der Waals surface area (Å²) in [6.07, 6.45) is 0.610. The Morgan fingerprint density at radius 2 is 1.83 bits per heavy atom. The van der Waals surface area contributed by atoms with Crippen molar-refractivity contribution in [1.82, 2.24) is 19.7 Å². The van der Waals surface area contributed by atoms with Crippen LogP contribution >= 0.6 is 11.8 Å². The predicted molar refractivity (Wildman–Crippen MR) is 112 cm³/mol. The number of carbonyl (C=O) groups is 3. The van der Waals surface area contributed by atoms with Crippen LogP contribution in [-0.2, 0) is 17.8 Å². The molecule has 0 aliphatic heterocycles. The number of H-pyrrole nitrogens is 1. The third kappa shape index (κ3) is 5.35. The van der Waals surface area contributed by atoms with Crippen LogP contribution in [0.3, 0.4) is 0 Å². The Morgan fingerprint density at radius 3 is 2.34 bits per heavy atom. The number of carbonyl (C=O) groups excluding carboxylic acids is 3. The first-order chi connectivity index (χ1) is 13.5. The predicted octanol–water partition coefficient (Wildman–Crippen LogP) is 2.86. The Balaban J connectivity index is 2.26. The van der Waals surface area contributed by atoms with Gasteiger partial charge in [-0.1, -0.05) is 25.6 Å². The van der Waals surface area contributed by atoms with Crippen LogP contribution in [0.2, 0.25) is 0 Å². The molecule has 0 aliphatic rings. The van der Waals surface area contributed by atoms with Crippen molar-refractivity contribution in [3.8, 4) is 0 Å². The van der Waals surface area contributed by atoms with Crippen LogP contribution in [0.4, 0.5) is 0 Å². The van der Waals surface area contributed by atoms with E-state index >= 15 is 0 Å². The van der Waals surface area contributed by atoms with Crippen molar-refractivity contribution in [3.63, 3.8) is 0 Å². The molecule has 29 heavy (non-hydrogen) atoms. The molecule has 1 atom stereocenters. The second-order valence-corrected chi connectivity index (χ2v) is 8.98. The average molecular weight is 420 g/mol. The van der Waals surface area contributed by atoms with Crippen molar-refractivity contribution < 1.29 is 14.4 Å². The van der Waals surface area contributed by atoms with Crippen LogP contribution in [0.15, 0.2) is 5.16 Å². The molecule has 2 aromatic rings. The SMILES string of the molecule is CC(=O)c1c(C)[nH]c(C(=O)C(C)Sc2nnc(CCC(N)=O)n2CC(C)C)c1C. The molecule has 158 valence electrons. The van der Waals surface area contributed by atoms with E-state index in [9.17, 15) is 14.4 Å². The number of nitrogens with two attached hydrogens (primary N) is 1. The fraction of sp³-hybridized carbons (Fsp3) is 0.550. The molecule has 2 rings (SSSR count). The summed E-state index contributed by atoms with van der Waals surface area (Å²) in [7, 11) is 0. The lowest BCUT2D eigenvalue weighted by Gasteiger charge is -2.14. The first kappa shape index (κ1) is 22.9. The molecule has 0 fully saturated rings. The number of amides is 1. The molecule has 0 saturated heterocycles. The number of ketones is 2. The van der Waals surface area contributed by atoms with Crippen molar-refractivity contribution in [2.24, 2.45) is 11.7 Å². The number of thioether (sulfide) groups is 1. The summed E-state index contributed by atoms with van der Waals surface area (Å²) >= 11 is 1.32. The average Bonchev–Trinajstić information content (AvgIpc) is 3.12. The number of aromatic nitrogens is 4. The first-order valence-electron chi connectivity index (χ1n) is 9.64. The van der Waals surface area contributed by atoms with Crippen LogP contribution < -0.4 is 5.73 Å². The Labute approximate surface area is 175 Å². The molecule has 9 heteroatoms. The Kier molecular flexibility index (Phi) is 7.40. The summed E-state index contributed by atoms with van der Waals surface area (Å²) in [4.78, 5) is 39.1. The number of rotatable bonds is 10. The summed E-state index contributed by atoms with van der Waals surface area (Å²) in [6, 6.07) is 0. The van der Waals surface area contributed by atoms with Gasteiger partial charge in [0.2, 0.25) is 5.91 Å². The minimum atomic E-state index is -0.425. The summed E-state index contributed by atoms with van der Waals surface area (Å²) in [5.41, 5.74) is 7.67. The Morgan fingerprint density at radius 1 is 1.17 bits per heavy atom. The molecule has 0 bridgehead atoms. The van der Waals surface area contributed by atoms with E-state index < -0.39 is 5.25 Å². The highest BCUT2D eigenvalue weighted by Gasteiger charge is 2.26. The number of hydrogen-bond donors (Lipinski definition) is 2. The van der Waals surface area contributed by atoms with Crippen molar-refractivity contribution in [2.45, 2.75) is 71.3 Å². The number of nitrogens with one attached hydrogen (secondary N) is 1. The molecule has 3 N–H and O–H groups in total. The lowest BCUT2D eigenvalue weighted by atomic mass is 10.0. The minimum Gasteiger partial charge on any atom is -0.370 e. The molecule has 0 saturated carbocycles. The van der Waals surface area contributed by atoms with Gasteiger partial charge >= 0.3 is 0 Å². The van der Waals surface area contributed by atoms with Gasteiger partial charge in [0.15, 0.2) is 16.7 Å². The normalized spacial score (nSPS) is 12.4. The lowest BCUT2D eigenvalue weighted by Crippen LogP contribution is -2.18. The summed E-state index contributed by atoms with van der Waals surface area (Å²) in [5.74, 6) is 0.480. The zero-order valence-electron chi connectivity index (χ0n) is 17.8. The summed E-state index contributed by atoms with van der Waals surface area (Å²) in [6.45, 7) is 11.7. The highest BCUT2D eigenvalue weighted by atomic mass is 32.2. The maximum absolute atomic E-state index is 13.0. The van der Waals surface area contributed by atoms with Gasteiger partial charge in [0.05, 0.1) is 10.9 Å². The van der Waals surface area contributed by atoms with Crippen LogP contribution in [0.25, 0.3) is 0 Å². The Hall–Kier alpha value is -2.42. The highest BCUT2D eigenvalue weighted by Crippen LogP contribution is 2.28. The molecule has 2 aromatic heterocycles. The zero-order valence-corrected chi connectivity index (χ0v) is 18.6. The van der Waals surface area contributed by atoms with Gasteiger partial charge in [0, 0.05) is 30.6 Å². The monoisotopic (exact) mass is 419 g/mol. The number of aromatic amines is 1.